The first-order valence-electron chi connectivity index (χ1n) is 6.54. The van der Waals surface area contributed by atoms with Crippen molar-refractivity contribution in [3.8, 4) is 0 Å². The second kappa shape index (κ2) is 5.32. The van der Waals surface area contributed by atoms with Crippen molar-refractivity contribution >= 4 is 23.2 Å². The second-order valence-corrected chi connectivity index (χ2v) is 5.96. The third-order valence-corrected chi connectivity index (χ3v) is 4.83. The minimum Gasteiger partial charge on any atom is -0.384 e. The number of aliphatic hydroxyl groups is 1. The van der Waals surface area contributed by atoms with Crippen LogP contribution in [0.3, 0.4) is 0 Å². The first-order valence-corrected chi connectivity index (χ1v) is 7.29. The zero-order valence-electron chi connectivity index (χ0n) is 10.8. The van der Waals surface area contributed by atoms with E-state index in [1.807, 2.05) is 12.1 Å². The summed E-state index contributed by atoms with van der Waals surface area (Å²) in [6.07, 6.45) is 5.42. The number of hydrogen-bond acceptors (Lipinski definition) is 3. The molecule has 5 heteroatoms. The molecule has 2 aromatic rings. The highest BCUT2D eigenvalue weighted by atomic mass is 35.5. The summed E-state index contributed by atoms with van der Waals surface area (Å²) in [4.78, 5) is 8.34. The van der Waals surface area contributed by atoms with Crippen LogP contribution in [0.2, 0.25) is 10.0 Å². The lowest BCUT2D eigenvalue weighted by atomic mass is 9.61. The molecule has 0 spiro atoms. The fraction of sp³-hybridized carbons (Fsp3) is 0.333. The fourth-order valence-electron chi connectivity index (χ4n) is 2.78. The minimum absolute atomic E-state index is 0.352. The van der Waals surface area contributed by atoms with Crippen LogP contribution in [-0.4, -0.2) is 15.1 Å². The lowest BCUT2D eigenvalue weighted by Gasteiger charge is -2.45. The van der Waals surface area contributed by atoms with Gasteiger partial charge in [-0.3, -0.25) is 0 Å². The molecule has 1 heterocycles. The Kier molecular flexibility index (Phi) is 3.67. The van der Waals surface area contributed by atoms with Crippen LogP contribution in [0.15, 0.2) is 36.7 Å². The van der Waals surface area contributed by atoms with E-state index < -0.39 is 6.10 Å². The average molecular weight is 309 g/mol. The van der Waals surface area contributed by atoms with Crippen molar-refractivity contribution in [3.63, 3.8) is 0 Å². The number of nitrogens with zero attached hydrogens (tertiary/aromatic N) is 2. The van der Waals surface area contributed by atoms with Crippen LogP contribution in [-0.2, 0) is 5.41 Å². The highest BCUT2D eigenvalue weighted by Gasteiger charge is 2.46. The van der Waals surface area contributed by atoms with Crippen LogP contribution >= 0.6 is 23.2 Å². The molecule has 1 aliphatic carbocycles. The van der Waals surface area contributed by atoms with Gasteiger partial charge in [0.1, 0.15) is 6.10 Å². The molecule has 1 fully saturated rings. The zero-order valence-corrected chi connectivity index (χ0v) is 12.3. The fourth-order valence-corrected chi connectivity index (χ4v) is 3.08. The molecule has 1 atom stereocenters. The maximum Gasteiger partial charge on any atom is 0.157 e. The molecule has 0 saturated heterocycles. The van der Waals surface area contributed by atoms with Crippen LogP contribution < -0.4 is 0 Å². The Hall–Kier alpha value is -1.16. The maximum atomic E-state index is 10.7. The molecular weight excluding hydrogens is 295 g/mol. The van der Waals surface area contributed by atoms with Crippen LogP contribution in [0.5, 0.6) is 0 Å². The van der Waals surface area contributed by atoms with E-state index in [-0.39, 0.29) is 5.41 Å². The Morgan fingerprint density at radius 3 is 2.35 bits per heavy atom. The molecule has 104 valence electrons. The third kappa shape index (κ3) is 2.20. The number of aromatic nitrogens is 2. The van der Waals surface area contributed by atoms with Gasteiger partial charge in [-0.25, -0.2) is 9.97 Å². The molecule has 1 aromatic carbocycles. The Morgan fingerprint density at radius 2 is 1.80 bits per heavy atom. The second-order valence-electron chi connectivity index (χ2n) is 5.15. The van der Waals surface area contributed by atoms with Crippen molar-refractivity contribution in [2.24, 2.45) is 0 Å². The van der Waals surface area contributed by atoms with Crippen LogP contribution in [0, 0.1) is 0 Å². The molecular formula is C15H14Cl2N2O. The van der Waals surface area contributed by atoms with E-state index in [9.17, 15) is 5.11 Å². The third-order valence-electron chi connectivity index (χ3n) is 4.09. The van der Waals surface area contributed by atoms with Gasteiger partial charge in [-0.2, -0.15) is 0 Å². The maximum absolute atomic E-state index is 10.7. The average Bonchev–Trinajstić information content (AvgIpc) is 2.42. The zero-order chi connectivity index (χ0) is 14.2. The summed E-state index contributed by atoms with van der Waals surface area (Å²) in [5, 5.41) is 11.7. The van der Waals surface area contributed by atoms with Gasteiger partial charge in [0.15, 0.2) is 5.82 Å². The van der Waals surface area contributed by atoms with E-state index in [0.29, 0.717) is 15.9 Å². The van der Waals surface area contributed by atoms with E-state index in [2.05, 4.69) is 9.97 Å². The summed E-state index contributed by atoms with van der Waals surface area (Å²) >= 11 is 12.1. The number of benzene rings is 1. The van der Waals surface area contributed by atoms with E-state index in [1.165, 1.54) is 0 Å². The van der Waals surface area contributed by atoms with Crippen LogP contribution in [0.25, 0.3) is 0 Å². The number of rotatable bonds is 3. The predicted octanol–water partition coefficient (Wildman–Crippen LogP) is 3.94. The van der Waals surface area contributed by atoms with Crippen molar-refractivity contribution in [2.45, 2.75) is 30.8 Å². The summed E-state index contributed by atoms with van der Waals surface area (Å²) in [7, 11) is 0. The topological polar surface area (TPSA) is 46.0 Å². The molecule has 1 unspecified atom stereocenters. The van der Waals surface area contributed by atoms with Gasteiger partial charge in [0.25, 0.3) is 0 Å². The molecule has 1 aromatic heterocycles. The van der Waals surface area contributed by atoms with Crippen molar-refractivity contribution in [1.29, 1.82) is 0 Å². The SMILES string of the molecule is OC(c1ncccn1)C1(c2ccc(Cl)c(Cl)c2)CCC1. The first kappa shape index (κ1) is 13.8. The van der Waals surface area contributed by atoms with Crippen molar-refractivity contribution in [1.82, 2.24) is 9.97 Å². The normalized spacial score (nSPS) is 18.4. The summed E-state index contributed by atoms with van der Waals surface area (Å²) in [6.45, 7) is 0. The van der Waals surface area contributed by atoms with E-state index in [0.717, 1.165) is 24.8 Å². The van der Waals surface area contributed by atoms with Gasteiger partial charge in [0, 0.05) is 17.8 Å². The summed E-state index contributed by atoms with van der Waals surface area (Å²) in [6, 6.07) is 7.29. The molecule has 0 aliphatic heterocycles. The summed E-state index contributed by atoms with van der Waals surface area (Å²) in [5.41, 5.74) is 0.647. The molecule has 0 radical (unpaired) electrons. The van der Waals surface area contributed by atoms with Crippen molar-refractivity contribution in [3.05, 3.63) is 58.1 Å². The van der Waals surface area contributed by atoms with Gasteiger partial charge in [-0.05, 0) is 36.6 Å². The van der Waals surface area contributed by atoms with Gasteiger partial charge in [-0.15, -0.1) is 0 Å². The van der Waals surface area contributed by atoms with Gasteiger partial charge in [0.05, 0.1) is 10.0 Å². The van der Waals surface area contributed by atoms with Crippen molar-refractivity contribution < 1.29 is 5.11 Å². The lowest BCUT2D eigenvalue weighted by molar-refractivity contribution is 0.0205. The predicted molar refractivity (Wildman–Crippen MR) is 79.0 cm³/mol. The minimum atomic E-state index is -0.727. The van der Waals surface area contributed by atoms with Gasteiger partial charge >= 0.3 is 0 Å². The Morgan fingerprint density at radius 1 is 1.10 bits per heavy atom. The Labute approximate surface area is 127 Å². The van der Waals surface area contributed by atoms with Gasteiger partial charge in [0.2, 0.25) is 0 Å². The molecule has 1 aliphatic rings. The van der Waals surface area contributed by atoms with E-state index in [1.54, 1.807) is 24.5 Å². The monoisotopic (exact) mass is 308 g/mol. The Balaban J connectivity index is 2.01. The van der Waals surface area contributed by atoms with Gasteiger partial charge in [-0.1, -0.05) is 35.7 Å². The van der Waals surface area contributed by atoms with Crippen LogP contribution in [0.4, 0.5) is 0 Å². The van der Waals surface area contributed by atoms with E-state index in [4.69, 9.17) is 23.2 Å². The molecule has 1 N–H and O–H groups in total. The standard InChI is InChI=1S/C15H14Cl2N2O/c16-11-4-3-10(9-12(11)17)15(5-1-6-15)13(20)14-18-7-2-8-19-14/h2-4,7-9,13,20H,1,5-6H2. The number of hydrogen-bond donors (Lipinski definition) is 1. The highest BCUT2D eigenvalue weighted by Crippen LogP contribution is 2.52. The van der Waals surface area contributed by atoms with E-state index >= 15 is 0 Å². The molecule has 0 amide bonds. The molecule has 0 bridgehead atoms. The quantitative estimate of drug-likeness (QED) is 0.934. The molecule has 1 saturated carbocycles. The highest BCUT2D eigenvalue weighted by molar-refractivity contribution is 6.42. The summed E-state index contributed by atoms with van der Waals surface area (Å²) in [5.74, 6) is 0.457. The summed E-state index contributed by atoms with van der Waals surface area (Å²) < 4.78 is 0. The van der Waals surface area contributed by atoms with Gasteiger partial charge < -0.3 is 5.11 Å². The first-order chi connectivity index (χ1) is 9.63. The largest absolute Gasteiger partial charge is 0.384 e. The molecule has 20 heavy (non-hydrogen) atoms. The molecule has 3 rings (SSSR count). The lowest BCUT2D eigenvalue weighted by Crippen LogP contribution is -2.41. The number of halogens is 2. The smallest absolute Gasteiger partial charge is 0.157 e. The molecule has 3 nitrogen and oxygen atoms in total. The van der Waals surface area contributed by atoms with Crippen LogP contribution in [0.1, 0.15) is 36.8 Å². The van der Waals surface area contributed by atoms with Crippen molar-refractivity contribution in [2.75, 3.05) is 0 Å². The Bertz CT molecular complexity index is 615. The number of aliphatic hydroxyl groups excluding tert-OH is 1.